The maximum Gasteiger partial charge on any atom is 0.121 e. The first-order valence-electron chi connectivity index (χ1n) is 5.55. The second-order valence-electron chi connectivity index (χ2n) is 3.98. The Labute approximate surface area is 111 Å². The van der Waals surface area contributed by atoms with Gasteiger partial charge in [-0.15, -0.1) is 0 Å². The summed E-state index contributed by atoms with van der Waals surface area (Å²) < 4.78 is 5.21. The molecule has 0 saturated carbocycles. The fourth-order valence-corrected chi connectivity index (χ4v) is 2.45. The molecule has 2 rings (SSSR count). The van der Waals surface area contributed by atoms with Gasteiger partial charge in [0, 0.05) is 19.7 Å². The lowest BCUT2D eigenvalue weighted by Gasteiger charge is -2.20. The van der Waals surface area contributed by atoms with E-state index in [1.54, 1.807) is 30.6 Å². The number of thiophene rings is 1. The zero-order valence-electron chi connectivity index (χ0n) is 10.4. The van der Waals surface area contributed by atoms with Gasteiger partial charge in [-0.05, 0) is 34.5 Å². The van der Waals surface area contributed by atoms with Gasteiger partial charge in [0.05, 0.1) is 18.4 Å². The van der Waals surface area contributed by atoms with Crippen molar-refractivity contribution in [3.05, 3.63) is 46.2 Å². The Morgan fingerprint density at radius 1 is 1.39 bits per heavy atom. The minimum Gasteiger partial charge on any atom is -0.497 e. The minimum atomic E-state index is 0.661. The summed E-state index contributed by atoms with van der Waals surface area (Å²) in [7, 11) is 3.61. The summed E-state index contributed by atoms with van der Waals surface area (Å²) in [6, 6.07) is 9.79. The van der Waals surface area contributed by atoms with Crippen molar-refractivity contribution < 1.29 is 4.74 Å². The lowest BCUT2D eigenvalue weighted by atomic mass is 10.1. The first-order chi connectivity index (χ1) is 8.74. The van der Waals surface area contributed by atoms with E-state index < -0.39 is 0 Å². The van der Waals surface area contributed by atoms with Crippen LogP contribution in [-0.4, -0.2) is 14.2 Å². The highest BCUT2D eigenvalue weighted by Crippen LogP contribution is 2.26. The van der Waals surface area contributed by atoms with E-state index in [4.69, 9.17) is 10.00 Å². The van der Waals surface area contributed by atoms with Crippen LogP contribution in [0, 0.1) is 11.3 Å². The Bertz CT molecular complexity index is 558. The van der Waals surface area contributed by atoms with Crippen molar-refractivity contribution in [1.29, 1.82) is 5.26 Å². The van der Waals surface area contributed by atoms with Gasteiger partial charge >= 0.3 is 0 Å². The monoisotopic (exact) mass is 258 g/mol. The van der Waals surface area contributed by atoms with Crippen molar-refractivity contribution in [2.24, 2.45) is 0 Å². The maximum atomic E-state index is 9.14. The molecule has 0 N–H and O–H groups in total. The van der Waals surface area contributed by atoms with Crippen molar-refractivity contribution in [3.63, 3.8) is 0 Å². The largest absolute Gasteiger partial charge is 0.497 e. The van der Waals surface area contributed by atoms with E-state index in [2.05, 4.69) is 27.8 Å². The predicted octanol–water partition coefficient (Wildman–Crippen LogP) is 3.26. The number of ether oxygens (including phenoxy) is 1. The Morgan fingerprint density at radius 2 is 2.22 bits per heavy atom. The second kappa shape index (κ2) is 5.56. The first-order valence-corrected chi connectivity index (χ1v) is 6.49. The van der Waals surface area contributed by atoms with Crippen LogP contribution >= 0.6 is 11.3 Å². The van der Waals surface area contributed by atoms with Crippen LogP contribution in [0.15, 0.2) is 35.0 Å². The molecule has 1 heterocycles. The summed E-state index contributed by atoms with van der Waals surface area (Å²) in [5.41, 5.74) is 2.80. The molecule has 0 spiro atoms. The van der Waals surface area contributed by atoms with Crippen molar-refractivity contribution in [2.75, 3.05) is 19.1 Å². The Hall–Kier alpha value is -1.99. The topological polar surface area (TPSA) is 36.3 Å². The van der Waals surface area contributed by atoms with Crippen LogP contribution < -0.4 is 9.64 Å². The van der Waals surface area contributed by atoms with E-state index in [1.165, 1.54) is 5.56 Å². The second-order valence-corrected chi connectivity index (χ2v) is 4.76. The van der Waals surface area contributed by atoms with Crippen LogP contribution in [0.4, 0.5) is 5.69 Å². The molecule has 0 bridgehead atoms. The third kappa shape index (κ3) is 2.63. The van der Waals surface area contributed by atoms with E-state index in [0.29, 0.717) is 5.56 Å². The highest BCUT2D eigenvalue weighted by molar-refractivity contribution is 7.07. The van der Waals surface area contributed by atoms with Crippen molar-refractivity contribution in [1.82, 2.24) is 0 Å². The van der Waals surface area contributed by atoms with Crippen molar-refractivity contribution >= 4 is 17.0 Å². The van der Waals surface area contributed by atoms with Gasteiger partial charge in [-0.2, -0.15) is 16.6 Å². The highest BCUT2D eigenvalue weighted by atomic mass is 32.1. The zero-order valence-corrected chi connectivity index (χ0v) is 11.2. The van der Waals surface area contributed by atoms with Crippen LogP contribution in [-0.2, 0) is 6.54 Å². The quantitative estimate of drug-likeness (QED) is 0.844. The summed E-state index contributed by atoms with van der Waals surface area (Å²) in [6.07, 6.45) is 0. The third-order valence-electron chi connectivity index (χ3n) is 2.74. The van der Waals surface area contributed by atoms with Gasteiger partial charge in [0.25, 0.3) is 0 Å². The summed E-state index contributed by atoms with van der Waals surface area (Å²) >= 11 is 1.68. The van der Waals surface area contributed by atoms with Crippen LogP contribution in [0.25, 0.3) is 0 Å². The molecule has 2 aromatic rings. The number of hydrogen-bond donors (Lipinski definition) is 0. The number of nitrogens with zero attached hydrogens (tertiary/aromatic N) is 2. The molecule has 0 saturated heterocycles. The van der Waals surface area contributed by atoms with Crippen molar-refractivity contribution in [2.45, 2.75) is 6.54 Å². The summed E-state index contributed by atoms with van der Waals surface area (Å²) in [6.45, 7) is 0.783. The third-order valence-corrected chi connectivity index (χ3v) is 3.47. The van der Waals surface area contributed by atoms with Crippen LogP contribution in [0.1, 0.15) is 11.1 Å². The number of anilines is 1. The molecule has 0 aliphatic rings. The van der Waals surface area contributed by atoms with Crippen LogP contribution in [0.3, 0.4) is 0 Å². The van der Waals surface area contributed by atoms with Gasteiger partial charge in [0.15, 0.2) is 0 Å². The molecule has 0 atom stereocenters. The van der Waals surface area contributed by atoms with Gasteiger partial charge < -0.3 is 9.64 Å². The molecule has 0 fully saturated rings. The van der Waals surface area contributed by atoms with E-state index in [9.17, 15) is 0 Å². The molecule has 0 aliphatic heterocycles. The number of hydrogen-bond acceptors (Lipinski definition) is 4. The molecule has 18 heavy (non-hydrogen) atoms. The number of rotatable bonds is 4. The van der Waals surface area contributed by atoms with Gasteiger partial charge in [0.1, 0.15) is 11.8 Å². The summed E-state index contributed by atoms with van der Waals surface area (Å²) in [5, 5.41) is 13.3. The van der Waals surface area contributed by atoms with Gasteiger partial charge in [-0.3, -0.25) is 0 Å². The van der Waals surface area contributed by atoms with E-state index >= 15 is 0 Å². The Kier molecular flexibility index (Phi) is 3.85. The van der Waals surface area contributed by atoms with Crippen LogP contribution in [0.5, 0.6) is 5.75 Å². The Balaban J connectivity index is 2.28. The lowest BCUT2D eigenvalue weighted by molar-refractivity contribution is 0.415. The molecule has 0 unspecified atom stereocenters. The molecule has 92 valence electrons. The zero-order chi connectivity index (χ0) is 13.0. The molecule has 0 radical (unpaired) electrons. The maximum absolute atomic E-state index is 9.14. The minimum absolute atomic E-state index is 0.661. The summed E-state index contributed by atoms with van der Waals surface area (Å²) in [5.74, 6) is 0.765. The van der Waals surface area contributed by atoms with E-state index in [-0.39, 0.29) is 0 Å². The Morgan fingerprint density at radius 3 is 2.83 bits per heavy atom. The fourth-order valence-electron chi connectivity index (χ4n) is 1.79. The molecule has 1 aromatic heterocycles. The van der Waals surface area contributed by atoms with Gasteiger partial charge in [-0.1, -0.05) is 0 Å². The summed E-state index contributed by atoms with van der Waals surface area (Å²) in [4.78, 5) is 2.06. The fraction of sp³-hybridized carbons (Fsp3) is 0.214. The lowest BCUT2D eigenvalue weighted by Crippen LogP contribution is -2.17. The number of methoxy groups -OCH3 is 1. The van der Waals surface area contributed by atoms with Gasteiger partial charge in [-0.25, -0.2) is 0 Å². The molecular formula is C14H14N2OS. The molecule has 4 heteroatoms. The normalized spacial score (nSPS) is 9.83. The average Bonchev–Trinajstić information content (AvgIpc) is 2.90. The number of benzene rings is 1. The molecule has 1 aromatic carbocycles. The molecule has 3 nitrogen and oxygen atoms in total. The first kappa shape index (κ1) is 12.5. The van der Waals surface area contributed by atoms with E-state index in [1.807, 2.05) is 13.1 Å². The molecule has 0 aliphatic carbocycles. The van der Waals surface area contributed by atoms with Crippen LogP contribution in [0.2, 0.25) is 0 Å². The molecule has 0 amide bonds. The smallest absolute Gasteiger partial charge is 0.121 e. The average molecular weight is 258 g/mol. The highest BCUT2D eigenvalue weighted by Gasteiger charge is 2.09. The molecular weight excluding hydrogens is 244 g/mol. The predicted molar refractivity (Wildman–Crippen MR) is 74.1 cm³/mol. The van der Waals surface area contributed by atoms with Gasteiger partial charge in [0.2, 0.25) is 0 Å². The van der Waals surface area contributed by atoms with Crippen molar-refractivity contribution in [3.8, 4) is 11.8 Å². The van der Waals surface area contributed by atoms with E-state index in [0.717, 1.165) is 18.0 Å². The number of nitriles is 1. The SMILES string of the molecule is COc1ccc(C#N)c(N(C)Cc2ccsc2)c1. The standard InChI is InChI=1S/C14H14N2OS/c1-16(9-11-5-6-18-10-11)14-7-13(17-2)4-3-12(14)8-15/h3-7,10H,9H2,1-2H3.